The monoisotopic (exact) mass is 349 g/mol. The molecule has 0 aliphatic carbocycles. The van der Waals surface area contributed by atoms with E-state index in [-0.39, 0.29) is 6.04 Å². The van der Waals surface area contributed by atoms with E-state index < -0.39 is 0 Å². The molecule has 3 rings (SSSR count). The van der Waals surface area contributed by atoms with Crippen LogP contribution in [0.15, 0.2) is 51.4 Å². The SMILES string of the molecule is Cc1cc(Br)cc2cc(C(N)c3ccccc3Cl)oc12. The van der Waals surface area contributed by atoms with Crippen molar-refractivity contribution in [2.45, 2.75) is 13.0 Å². The highest BCUT2D eigenvalue weighted by atomic mass is 79.9. The van der Waals surface area contributed by atoms with Gasteiger partial charge in [0.15, 0.2) is 0 Å². The van der Waals surface area contributed by atoms with E-state index in [4.69, 9.17) is 21.8 Å². The van der Waals surface area contributed by atoms with Gasteiger partial charge in [-0.05, 0) is 42.3 Å². The lowest BCUT2D eigenvalue weighted by Crippen LogP contribution is -2.11. The topological polar surface area (TPSA) is 39.2 Å². The van der Waals surface area contributed by atoms with E-state index in [0.717, 1.165) is 26.6 Å². The summed E-state index contributed by atoms with van der Waals surface area (Å²) in [7, 11) is 0. The first-order chi connectivity index (χ1) is 9.56. The van der Waals surface area contributed by atoms with Crippen molar-refractivity contribution in [3.05, 3.63) is 68.8 Å². The Kier molecular flexibility index (Phi) is 3.59. The maximum Gasteiger partial charge on any atom is 0.137 e. The molecule has 3 aromatic rings. The van der Waals surface area contributed by atoms with Crippen molar-refractivity contribution >= 4 is 38.5 Å². The molecule has 4 heteroatoms. The summed E-state index contributed by atoms with van der Waals surface area (Å²) in [6.45, 7) is 2.02. The molecule has 1 atom stereocenters. The minimum Gasteiger partial charge on any atom is -0.459 e. The Morgan fingerprint density at radius 1 is 1.20 bits per heavy atom. The van der Waals surface area contributed by atoms with E-state index in [0.29, 0.717) is 10.8 Å². The molecule has 1 aromatic heterocycles. The molecule has 2 N–H and O–H groups in total. The molecule has 0 spiro atoms. The fourth-order valence-corrected chi connectivity index (χ4v) is 3.18. The molecule has 0 aliphatic heterocycles. The van der Waals surface area contributed by atoms with Crippen LogP contribution in [0.3, 0.4) is 0 Å². The Hall–Kier alpha value is -1.29. The maximum atomic E-state index is 6.28. The molecule has 0 aliphatic rings. The largest absolute Gasteiger partial charge is 0.459 e. The second-order valence-corrected chi connectivity index (χ2v) is 6.11. The normalized spacial score (nSPS) is 12.8. The maximum absolute atomic E-state index is 6.28. The van der Waals surface area contributed by atoms with Crippen LogP contribution < -0.4 is 5.73 Å². The van der Waals surface area contributed by atoms with Gasteiger partial charge >= 0.3 is 0 Å². The quantitative estimate of drug-likeness (QED) is 0.689. The number of hydrogen-bond acceptors (Lipinski definition) is 2. The van der Waals surface area contributed by atoms with Gasteiger partial charge in [-0.2, -0.15) is 0 Å². The van der Waals surface area contributed by atoms with Crippen molar-refractivity contribution in [2.75, 3.05) is 0 Å². The Bertz CT molecular complexity index is 781. The van der Waals surface area contributed by atoms with Crippen LogP contribution in [0.25, 0.3) is 11.0 Å². The minimum absolute atomic E-state index is 0.366. The zero-order valence-corrected chi connectivity index (χ0v) is 13.2. The van der Waals surface area contributed by atoms with Crippen molar-refractivity contribution in [2.24, 2.45) is 5.73 Å². The number of furan rings is 1. The summed E-state index contributed by atoms with van der Waals surface area (Å²) < 4.78 is 6.95. The van der Waals surface area contributed by atoms with E-state index in [1.165, 1.54) is 0 Å². The molecule has 20 heavy (non-hydrogen) atoms. The first-order valence-corrected chi connectivity index (χ1v) is 7.43. The van der Waals surface area contributed by atoms with E-state index in [9.17, 15) is 0 Å². The van der Waals surface area contributed by atoms with E-state index in [1.807, 2.05) is 49.4 Å². The number of aryl methyl sites for hydroxylation is 1. The molecule has 1 heterocycles. The van der Waals surface area contributed by atoms with Gasteiger partial charge in [-0.1, -0.05) is 45.7 Å². The zero-order chi connectivity index (χ0) is 14.3. The van der Waals surface area contributed by atoms with Gasteiger partial charge in [0.1, 0.15) is 11.3 Å². The molecule has 0 bridgehead atoms. The van der Waals surface area contributed by atoms with Crippen molar-refractivity contribution in [1.29, 1.82) is 0 Å². The molecule has 2 aromatic carbocycles. The van der Waals surface area contributed by atoms with Gasteiger partial charge in [-0.3, -0.25) is 0 Å². The fraction of sp³-hybridized carbons (Fsp3) is 0.125. The van der Waals surface area contributed by atoms with Crippen LogP contribution in [0.5, 0.6) is 0 Å². The molecule has 0 saturated carbocycles. The number of fused-ring (bicyclic) bond motifs is 1. The number of nitrogens with two attached hydrogens (primary N) is 1. The van der Waals surface area contributed by atoms with Gasteiger partial charge in [0, 0.05) is 14.9 Å². The number of hydrogen-bond donors (Lipinski definition) is 1. The summed E-state index contributed by atoms with van der Waals surface area (Å²) in [6.07, 6.45) is 0. The summed E-state index contributed by atoms with van der Waals surface area (Å²) in [5.41, 5.74) is 9.09. The highest BCUT2D eigenvalue weighted by Gasteiger charge is 2.17. The first kappa shape index (κ1) is 13.7. The van der Waals surface area contributed by atoms with Gasteiger partial charge in [0.25, 0.3) is 0 Å². The van der Waals surface area contributed by atoms with Crippen LogP contribution in [0.2, 0.25) is 5.02 Å². The predicted molar refractivity (Wildman–Crippen MR) is 86.1 cm³/mol. The summed E-state index contributed by atoms with van der Waals surface area (Å²) in [5.74, 6) is 0.717. The Balaban J connectivity index is 2.11. The van der Waals surface area contributed by atoms with Crippen molar-refractivity contribution in [1.82, 2.24) is 0 Å². The van der Waals surface area contributed by atoms with Gasteiger partial charge < -0.3 is 10.2 Å². The summed E-state index contributed by atoms with van der Waals surface area (Å²) in [4.78, 5) is 0. The number of benzene rings is 2. The van der Waals surface area contributed by atoms with Crippen LogP contribution in [0.4, 0.5) is 0 Å². The molecule has 2 nitrogen and oxygen atoms in total. The number of rotatable bonds is 2. The molecular weight excluding hydrogens is 338 g/mol. The van der Waals surface area contributed by atoms with Crippen molar-refractivity contribution in [3.63, 3.8) is 0 Å². The van der Waals surface area contributed by atoms with Crippen LogP contribution in [0.1, 0.15) is 22.9 Å². The highest BCUT2D eigenvalue weighted by molar-refractivity contribution is 9.10. The second-order valence-electron chi connectivity index (χ2n) is 4.79. The third-order valence-corrected chi connectivity index (χ3v) is 4.13. The lowest BCUT2D eigenvalue weighted by atomic mass is 10.1. The van der Waals surface area contributed by atoms with Gasteiger partial charge in [0.2, 0.25) is 0 Å². The molecule has 0 fully saturated rings. The van der Waals surface area contributed by atoms with E-state index in [1.54, 1.807) is 0 Å². The van der Waals surface area contributed by atoms with Crippen LogP contribution in [-0.2, 0) is 0 Å². The zero-order valence-electron chi connectivity index (χ0n) is 10.9. The summed E-state index contributed by atoms with van der Waals surface area (Å²) in [6, 6.07) is 13.2. The Morgan fingerprint density at radius 3 is 2.70 bits per heavy atom. The molecule has 0 amide bonds. The molecule has 0 radical (unpaired) electrons. The standard InChI is InChI=1S/C16H13BrClNO/c1-9-6-11(17)7-10-8-14(20-16(9)10)15(19)12-4-2-3-5-13(12)18/h2-8,15H,19H2,1H3. The van der Waals surface area contributed by atoms with E-state index >= 15 is 0 Å². The average Bonchev–Trinajstić information content (AvgIpc) is 2.82. The highest BCUT2D eigenvalue weighted by Crippen LogP contribution is 2.32. The Labute approximate surface area is 130 Å². The summed E-state index contributed by atoms with van der Waals surface area (Å²) >= 11 is 9.69. The third kappa shape index (κ3) is 2.37. The van der Waals surface area contributed by atoms with Crippen molar-refractivity contribution < 1.29 is 4.42 Å². The van der Waals surface area contributed by atoms with Crippen LogP contribution in [0, 0.1) is 6.92 Å². The first-order valence-electron chi connectivity index (χ1n) is 6.26. The predicted octanol–water partition coefficient (Wildman–Crippen LogP) is 5.21. The molecule has 0 saturated heterocycles. The third-order valence-electron chi connectivity index (χ3n) is 3.33. The second kappa shape index (κ2) is 5.24. The van der Waals surface area contributed by atoms with Gasteiger partial charge in [-0.15, -0.1) is 0 Å². The molecular formula is C16H13BrClNO. The van der Waals surface area contributed by atoms with Crippen LogP contribution >= 0.6 is 27.5 Å². The van der Waals surface area contributed by atoms with Gasteiger partial charge in [-0.25, -0.2) is 0 Å². The van der Waals surface area contributed by atoms with Crippen molar-refractivity contribution in [3.8, 4) is 0 Å². The smallest absolute Gasteiger partial charge is 0.137 e. The summed E-state index contributed by atoms with van der Waals surface area (Å²) in [5, 5.41) is 1.69. The molecule has 102 valence electrons. The average molecular weight is 351 g/mol. The number of halogens is 2. The minimum atomic E-state index is -0.366. The molecule has 1 unspecified atom stereocenters. The lowest BCUT2D eigenvalue weighted by Gasteiger charge is -2.10. The fourth-order valence-electron chi connectivity index (χ4n) is 2.34. The Morgan fingerprint density at radius 2 is 1.95 bits per heavy atom. The van der Waals surface area contributed by atoms with Crippen LogP contribution in [-0.4, -0.2) is 0 Å². The van der Waals surface area contributed by atoms with E-state index in [2.05, 4.69) is 15.9 Å². The lowest BCUT2D eigenvalue weighted by molar-refractivity contribution is 0.523. The van der Waals surface area contributed by atoms with Gasteiger partial charge in [0.05, 0.1) is 6.04 Å².